The van der Waals surface area contributed by atoms with Crippen LogP contribution in [0.1, 0.15) is 5.56 Å². The van der Waals surface area contributed by atoms with Gasteiger partial charge in [0.25, 0.3) is 0 Å². The van der Waals surface area contributed by atoms with E-state index in [2.05, 4.69) is 46.1 Å². The lowest BCUT2D eigenvalue weighted by molar-refractivity contribution is 0.323. The molecule has 0 atom stereocenters. The van der Waals surface area contributed by atoms with Crippen LogP contribution in [0.5, 0.6) is 5.75 Å². The summed E-state index contributed by atoms with van der Waals surface area (Å²) in [5.74, 6) is 1.06. The van der Waals surface area contributed by atoms with E-state index >= 15 is 0 Å². The molecule has 0 saturated carbocycles. The first-order chi connectivity index (χ1) is 5.88. The van der Waals surface area contributed by atoms with Crippen LogP contribution in [-0.2, 0) is 6.54 Å². The minimum absolute atomic E-state index is 0. The van der Waals surface area contributed by atoms with Crippen LogP contribution in [0.4, 0.5) is 0 Å². The van der Waals surface area contributed by atoms with Crippen LogP contribution in [0.3, 0.4) is 0 Å². The number of ether oxygens (including phenoxy) is 1. The maximum absolute atomic E-state index is 5.61. The molecule has 2 nitrogen and oxygen atoms in total. The zero-order valence-electron chi connectivity index (χ0n) is 7.05. The Bertz CT molecular complexity index is 293. The summed E-state index contributed by atoms with van der Waals surface area (Å²) in [4.78, 5) is 0. The van der Waals surface area contributed by atoms with E-state index in [0.717, 1.165) is 25.4 Å². The SMILES string of the molecule is Cl.Ic1cccc2c1OCCNC2. The van der Waals surface area contributed by atoms with Gasteiger partial charge in [-0.15, -0.1) is 12.4 Å². The monoisotopic (exact) mass is 311 g/mol. The predicted molar refractivity (Wildman–Crippen MR) is 63.6 cm³/mol. The highest BCUT2D eigenvalue weighted by molar-refractivity contribution is 14.1. The van der Waals surface area contributed by atoms with Crippen molar-refractivity contribution < 1.29 is 4.74 Å². The van der Waals surface area contributed by atoms with Gasteiger partial charge in [0, 0.05) is 18.7 Å². The summed E-state index contributed by atoms with van der Waals surface area (Å²) in [7, 11) is 0. The normalized spacial score (nSPS) is 14.8. The van der Waals surface area contributed by atoms with Gasteiger partial charge < -0.3 is 10.1 Å². The van der Waals surface area contributed by atoms with Crippen molar-refractivity contribution in [3.05, 3.63) is 27.3 Å². The van der Waals surface area contributed by atoms with Crippen LogP contribution in [0.25, 0.3) is 0 Å². The van der Waals surface area contributed by atoms with Gasteiger partial charge in [0.05, 0.1) is 3.57 Å². The second kappa shape index (κ2) is 5.02. The van der Waals surface area contributed by atoms with E-state index in [1.165, 1.54) is 9.13 Å². The zero-order valence-corrected chi connectivity index (χ0v) is 10.0. The van der Waals surface area contributed by atoms with E-state index in [-0.39, 0.29) is 12.4 Å². The van der Waals surface area contributed by atoms with Crippen LogP contribution in [0, 0.1) is 3.57 Å². The summed E-state index contributed by atoms with van der Waals surface area (Å²) in [6.45, 7) is 2.63. The molecule has 0 radical (unpaired) electrons. The van der Waals surface area contributed by atoms with E-state index in [0.29, 0.717) is 0 Å². The highest BCUT2D eigenvalue weighted by Gasteiger charge is 2.10. The van der Waals surface area contributed by atoms with Crippen molar-refractivity contribution in [1.29, 1.82) is 0 Å². The highest BCUT2D eigenvalue weighted by atomic mass is 127. The molecule has 4 heteroatoms. The van der Waals surface area contributed by atoms with Crippen molar-refractivity contribution in [2.24, 2.45) is 0 Å². The summed E-state index contributed by atoms with van der Waals surface area (Å²) in [6.07, 6.45) is 0. The molecule has 0 saturated heterocycles. The maximum atomic E-state index is 5.61. The third-order valence-corrected chi connectivity index (χ3v) is 2.74. The first kappa shape index (κ1) is 11.1. The maximum Gasteiger partial charge on any atom is 0.137 e. The average molecular weight is 312 g/mol. The molecule has 1 aromatic carbocycles. The number of rotatable bonds is 0. The molecule has 0 bridgehead atoms. The average Bonchev–Trinajstić information content (AvgIpc) is 2.30. The zero-order chi connectivity index (χ0) is 8.39. The van der Waals surface area contributed by atoms with Gasteiger partial charge in [-0.2, -0.15) is 0 Å². The smallest absolute Gasteiger partial charge is 0.137 e. The Morgan fingerprint density at radius 3 is 3.08 bits per heavy atom. The van der Waals surface area contributed by atoms with Gasteiger partial charge in [-0.05, 0) is 28.7 Å². The third kappa shape index (κ3) is 2.48. The van der Waals surface area contributed by atoms with Crippen LogP contribution in [-0.4, -0.2) is 13.2 Å². The molecule has 0 spiro atoms. The van der Waals surface area contributed by atoms with Gasteiger partial charge in [-0.25, -0.2) is 0 Å². The fraction of sp³-hybridized carbons (Fsp3) is 0.333. The molecule has 1 aliphatic rings. The van der Waals surface area contributed by atoms with Crippen molar-refractivity contribution in [2.75, 3.05) is 13.2 Å². The number of hydrogen-bond donors (Lipinski definition) is 1. The number of nitrogens with one attached hydrogen (secondary N) is 1. The van der Waals surface area contributed by atoms with Gasteiger partial charge >= 0.3 is 0 Å². The summed E-state index contributed by atoms with van der Waals surface area (Å²) < 4.78 is 6.81. The Labute approximate surface area is 97.6 Å². The molecule has 0 aliphatic carbocycles. The van der Waals surface area contributed by atoms with Crippen LogP contribution < -0.4 is 10.1 Å². The molecule has 72 valence electrons. The summed E-state index contributed by atoms with van der Waals surface area (Å²) >= 11 is 2.31. The lowest BCUT2D eigenvalue weighted by atomic mass is 10.2. The molecule has 2 rings (SSSR count). The summed E-state index contributed by atoms with van der Waals surface area (Å²) in [5.41, 5.74) is 1.26. The molecular weight excluding hydrogens is 300 g/mol. The number of halogens is 2. The van der Waals surface area contributed by atoms with Gasteiger partial charge in [-0.3, -0.25) is 0 Å². The fourth-order valence-electron chi connectivity index (χ4n) is 1.30. The second-order valence-corrected chi connectivity index (χ2v) is 3.92. The molecule has 13 heavy (non-hydrogen) atoms. The molecule has 0 fully saturated rings. The number of benzene rings is 1. The Balaban J connectivity index is 0.000000845. The van der Waals surface area contributed by atoms with Crippen molar-refractivity contribution in [3.63, 3.8) is 0 Å². The Morgan fingerprint density at radius 2 is 2.23 bits per heavy atom. The van der Waals surface area contributed by atoms with Gasteiger partial charge in [0.15, 0.2) is 0 Å². The van der Waals surface area contributed by atoms with Crippen LogP contribution >= 0.6 is 35.0 Å². The molecule has 1 N–H and O–H groups in total. The van der Waals surface area contributed by atoms with E-state index in [9.17, 15) is 0 Å². The lowest BCUT2D eigenvalue weighted by Crippen LogP contribution is -2.16. The topological polar surface area (TPSA) is 21.3 Å². The minimum Gasteiger partial charge on any atom is -0.491 e. The van der Waals surface area contributed by atoms with Gasteiger partial charge in [-0.1, -0.05) is 12.1 Å². The van der Waals surface area contributed by atoms with Crippen LogP contribution in [0.2, 0.25) is 0 Å². The van der Waals surface area contributed by atoms with Gasteiger partial charge in [0.2, 0.25) is 0 Å². The number of hydrogen-bond acceptors (Lipinski definition) is 2. The summed E-state index contributed by atoms with van der Waals surface area (Å²) in [6, 6.07) is 6.25. The Morgan fingerprint density at radius 1 is 1.38 bits per heavy atom. The van der Waals surface area contributed by atoms with Crippen molar-refractivity contribution in [3.8, 4) is 5.75 Å². The lowest BCUT2D eigenvalue weighted by Gasteiger charge is -2.07. The van der Waals surface area contributed by atoms with Crippen molar-refractivity contribution in [2.45, 2.75) is 6.54 Å². The molecule has 0 aromatic heterocycles. The van der Waals surface area contributed by atoms with E-state index in [1.54, 1.807) is 0 Å². The van der Waals surface area contributed by atoms with E-state index in [4.69, 9.17) is 4.74 Å². The molecule has 0 amide bonds. The number of para-hydroxylation sites is 1. The Hall–Kier alpha value is -0.0000000000000000208. The van der Waals surface area contributed by atoms with Crippen molar-refractivity contribution >= 4 is 35.0 Å². The highest BCUT2D eigenvalue weighted by Crippen LogP contribution is 2.26. The van der Waals surface area contributed by atoms with Crippen LogP contribution in [0.15, 0.2) is 18.2 Å². The molecule has 1 aromatic rings. The summed E-state index contributed by atoms with van der Waals surface area (Å²) in [5, 5.41) is 3.30. The number of fused-ring (bicyclic) bond motifs is 1. The molecule has 1 aliphatic heterocycles. The fourth-order valence-corrected chi connectivity index (χ4v) is 2.01. The van der Waals surface area contributed by atoms with E-state index in [1.807, 2.05) is 0 Å². The van der Waals surface area contributed by atoms with Crippen molar-refractivity contribution in [1.82, 2.24) is 5.32 Å². The largest absolute Gasteiger partial charge is 0.491 e. The Kier molecular flexibility index (Phi) is 4.28. The minimum atomic E-state index is 0. The molecule has 1 heterocycles. The third-order valence-electron chi connectivity index (χ3n) is 1.89. The standard InChI is InChI=1S/C9H10INO.ClH/c10-8-3-1-2-7-6-11-4-5-12-9(7)8;/h1-3,11H,4-6H2;1H. The second-order valence-electron chi connectivity index (χ2n) is 2.75. The first-order valence-electron chi connectivity index (χ1n) is 3.99. The molecular formula is C9H11ClINO. The molecule has 0 unspecified atom stereocenters. The van der Waals surface area contributed by atoms with E-state index < -0.39 is 0 Å². The first-order valence-corrected chi connectivity index (χ1v) is 5.07. The van der Waals surface area contributed by atoms with Gasteiger partial charge in [0.1, 0.15) is 12.4 Å². The quantitative estimate of drug-likeness (QED) is 0.742. The predicted octanol–water partition coefficient (Wildman–Crippen LogP) is 2.20.